The second-order valence-electron chi connectivity index (χ2n) is 9.28. The van der Waals surface area contributed by atoms with E-state index in [1.807, 2.05) is 42.5 Å². The Balaban J connectivity index is 1.45. The van der Waals surface area contributed by atoms with Crippen LogP contribution in [-0.4, -0.2) is 53.0 Å². The number of carbonyl (C=O) groups excluding carboxylic acids is 2. The molecule has 5 aromatic rings. The summed E-state index contributed by atoms with van der Waals surface area (Å²) in [6.07, 6.45) is 2.59. The molecule has 10 nitrogen and oxygen atoms in total. The number of nitrogens with zero attached hydrogens (tertiary/aromatic N) is 4. The first-order chi connectivity index (χ1) is 19.7. The lowest BCUT2D eigenvalue weighted by Gasteiger charge is -2.14. The number of sulfone groups is 1. The summed E-state index contributed by atoms with van der Waals surface area (Å²) in [7, 11) is -3.67. The predicted molar refractivity (Wildman–Crippen MR) is 150 cm³/mol. The first-order valence-corrected chi connectivity index (χ1v) is 14.3. The molecule has 2 amide bonds. The van der Waals surface area contributed by atoms with Gasteiger partial charge in [-0.25, -0.2) is 27.3 Å². The summed E-state index contributed by atoms with van der Waals surface area (Å²) in [6, 6.07) is 21.3. The van der Waals surface area contributed by atoms with Crippen LogP contribution in [0.1, 0.15) is 21.5 Å². The van der Waals surface area contributed by atoms with E-state index >= 15 is 4.39 Å². The van der Waals surface area contributed by atoms with Crippen LogP contribution >= 0.6 is 0 Å². The van der Waals surface area contributed by atoms with E-state index < -0.39 is 33.6 Å². The topological polar surface area (TPSA) is 135 Å². The first kappa shape index (κ1) is 26.0. The van der Waals surface area contributed by atoms with Crippen LogP contribution in [0.5, 0.6) is 0 Å². The van der Waals surface area contributed by atoms with E-state index in [2.05, 4.69) is 25.7 Å². The van der Waals surface area contributed by atoms with E-state index in [-0.39, 0.29) is 27.4 Å². The highest BCUT2D eigenvalue weighted by molar-refractivity contribution is 7.90. The number of aromatic nitrogens is 3. The Morgan fingerprint density at radius 2 is 1.76 bits per heavy atom. The highest BCUT2D eigenvalue weighted by Crippen LogP contribution is 2.30. The highest BCUT2D eigenvalue weighted by atomic mass is 32.2. The van der Waals surface area contributed by atoms with E-state index in [0.29, 0.717) is 17.0 Å². The number of fused-ring (bicyclic) bond motifs is 2. The van der Waals surface area contributed by atoms with Gasteiger partial charge in [0.15, 0.2) is 15.5 Å². The average Bonchev–Trinajstić information content (AvgIpc) is 3.28. The molecule has 2 aromatic heterocycles. The Bertz CT molecular complexity index is 1990. The zero-order valence-electron chi connectivity index (χ0n) is 21.4. The van der Waals surface area contributed by atoms with Gasteiger partial charge in [0.2, 0.25) is 6.17 Å². The second kappa shape index (κ2) is 10.1. The van der Waals surface area contributed by atoms with Crippen molar-refractivity contribution < 1.29 is 22.4 Å². The van der Waals surface area contributed by atoms with Crippen molar-refractivity contribution in [2.75, 3.05) is 11.6 Å². The molecule has 3 heterocycles. The van der Waals surface area contributed by atoms with Crippen molar-refractivity contribution in [2.24, 2.45) is 4.99 Å². The fourth-order valence-electron chi connectivity index (χ4n) is 4.58. The number of aliphatic imine (C=N–C) groups is 1. The lowest BCUT2D eigenvalue weighted by Crippen LogP contribution is -2.42. The van der Waals surface area contributed by atoms with E-state index in [9.17, 15) is 18.0 Å². The van der Waals surface area contributed by atoms with E-state index in [0.717, 1.165) is 17.9 Å². The maximum atomic E-state index is 15.3. The molecule has 6 rings (SSSR count). The van der Waals surface area contributed by atoms with E-state index in [1.54, 1.807) is 18.2 Å². The summed E-state index contributed by atoms with van der Waals surface area (Å²) >= 11 is 0. The van der Waals surface area contributed by atoms with E-state index in [1.165, 1.54) is 29.0 Å². The van der Waals surface area contributed by atoms with Gasteiger partial charge < -0.3 is 10.6 Å². The molecule has 12 heteroatoms. The Morgan fingerprint density at radius 1 is 1.00 bits per heavy atom. The zero-order chi connectivity index (χ0) is 28.7. The molecule has 0 aliphatic carbocycles. The standard InChI is InChI=1S/C29H21FN6O4S/c1-41(39,40)18-12-13-19(21(30)16-18)25-23(27-31-14-7-15-36(27)35-25)28(37)34-26-29(38)32-22-11-6-5-10-20(22)24(33-26)17-8-3-2-4-9-17/h2-16,26H,1H3,(H,32,38)(H,34,37)/t26-/m1/s1. The molecular weight excluding hydrogens is 547 g/mol. The fourth-order valence-corrected chi connectivity index (χ4v) is 5.21. The molecule has 0 fully saturated rings. The third-order valence-electron chi connectivity index (χ3n) is 6.51. The molecule has 0 radical (unpaired) electrons. The summed E-state index contributed by atoms with van der Waals surface area (Å²) in [6.45, 7) is 0. The van der Waals surface area contributed by atoms with Gasteiger partial charge >= 0.3 is 0 Å². The molecule has 1 atom stereocenters. The Morgan fingerprint density at radius 3 is 2.51 bits per heavy atom. The molecule has 1 aliphatic heterocycles. The number of amides is 2. The van der Waals surface area contributed by atoms with Crippen LogP contribution in [0.25, 0.3) is 16.9 Å². The van der Waals surface area contributed by atoms with Crippen LogP contribution in [0.4, 0.5) is 10.1 Å². The van der Waals surface area contributed by atoms with Crippen LogP contribution in [0, 0.1) is 5.82 Å². The Labute approximate surface area is 233 Å². The molecule has 1 aliphatic rings. The molecule has 0 saturated heterocycles. The number of para-hydroxylation sites is 1. The molecule has 0 bridgehead atoms. The lowest BCUT2D eigenvalue weighted by atomic mass is 10.0. The maximum absolute atomic E-state index is 15.3. The van der Waals surface area contributed by atoms with E-state index in [4.69, 9.17) is 0 Å². The second-order valence-corrected chi connectivity index (χ2v) is 11.3. The number of nitrogens with one attached hydrogen (secondary N) is 2. The molecular formula is C29H21FN6O4S. The van der Waals surface area contributed by atoms with Crippen LogP contribution in [0.2, 0.25) is 0 Å². The van der Waals surface area contributed by atoms with Crippen LogP contribution in [0.3, 0.4) is 0 Å². The SMILES string of the molecule is CS(=O)(=O)c1ccc(-c2nn3cccnc3c2C(=O)N[C@H]2N=C(c3ccccc3)c3ccccc3NC2=O)c(F)c1. The molecule has 41 heavy (non-hydrogen) atoms. The van der Waals surface area contributed by atoms with Crippen LogP contribution < -0.4 is 10.6 Å². The number of benzene rings is 3. The predicted octanol–water partition coefficient (Wildman–Crippen LogP) is 3.48. The largest absolute Gasteiger partial charge is 0.322 e. The van der Waals surface area contributed by atoms with Gasteiger partial charge in [-0.3, -0.25) is 9.59 Å². The number of hydrogen-bond donors (Lipinski definition) is 2. The number of rotatable bonds is 5. The maximum Gasteiger partial charge on any atom is 0.269 e. The summed E-state index contributed by atoms with van der Waals surface area (Å²) in [4.78, 5) is 35.8. The minimum absolute atomic E-state index is 0.0803. The van der Waals surface area contributed by atoms with Crippen molar-refractivity contribution >= 4 is 38.7 Å². The highest BCUT2D eigenvalue weighted by Gasteiger charge is 2.31. The molecule has 0 unspecified atom stereocenters. The molecule has 0 spiro atoms. The summed E-state index contributed by atoms with van der Waals surface area (Å²) in [5.74, 6) is -2.24. The Hall–Kier alpha value is -5.23. The summed E-state index contributed by atoms with van der Waals surface area (Å²) in [5.41, 5.74) is 2.24. The average molecular weight is 569 g/mol. The monoisotopic (exact) mass is 568 g/mol. The lowest BCUT2D eigenvalue weighted by molar-refractivity contribution is -0.117. The van der Waals surface area contributed by atoms with Crippen LogP contribution in [-0.2, 0) is 14.6 Å². The number of carbonyl (C=O) groups is 2. The fraction of sp³-hybridized carbons (Fsp3) is 0.0690. The van der Waals surface area contributed by atoms with Gasteiger partial charge in [0.25, 0.3) is 11.8 Å². The van der Waals surface area contributed by atoms with Gasteiger partial charge in [-0.1, -0.05) is 48.5 Å². The number of benzodiazepines with no additional fused rings is 1. The third-order valence-corrected chi connectivity index (χ3v) is 7.62. The van der Waals surface area contributed by atoms with Crippen LogP contribution in [0.15, 0.2) is 101 Å². The quantitative estimate of drug-likeness (QED) is 0.333. The van der Waals surface area contributed by atoms with Crippen molar-refractivity contribution in [2.45, 2.75) is 11.1 Å². The van der Waals surface area contributed by atoms with Gasteiger partial charge in [0.05, 0.1) is 16.3 Å². The molecule has 204 valence electrons. The smallest absolute Gasteiger partial charge is 0.269 e. The van der Waals surface area contributed by atoms with Gasteiger partial charge in [0.1, 0.15) is 17.1 Å². The molecule has 0 saturated carbocycles. The first-order valence-electron chi connectivity index (χ1n) is 12.4. The number of anilines is 1. The summed E-state index contributed by atoms with van der Waals surface area (Å²) < 4.78 is 40.4. The van der Waals surface area contributed by atoms with Crippen molar-refractivity contribution in [3.05, 3.63) is 114 Å². The Kier molecular flexibility index (Phi) is 6.39. The van der Waals surface area contributed by atoms with Gasteiger partial charge in [-0.05, 0) is 30.3 Å². The van der Waals surface area contributed by atoms with Crippen molar-refractivity contribution in [1.82, 2.24) is 19.9 Å². The van der Waals surface area contributed by atoms with Gasteiger partial charge in [-0.2, -0.15) is 5.10 Å². The third kappa shape index (κ3) is 4.85. The van der Waals surface area contributed by atoms with Crippen molar-refractivity contribution in [1.29, 1.82) is 0 Å². The molecule has 3 aromatic carbocycles. The van der Waals surface area contributed by atoms with Gasteiger partial charge in [-0.15, -0.1) is 0 Å². The van der Waals surface area contributed by atoms with Gasteiger partial charge in [0, 0.05) is 35.3 Å². The summed E-state index contributed by atoms with van der Waals surface area (Å²) in [5, 5.41) is 9.82. The number of halogens is 1. The minimum atomic E-state index is -3.67. The normalized spacial score (nSPS) is 15.0. The number of hydrogen-bond acceptors (Lipinski definition) is 7. The van der Waals surface area contributed by atoms with Crippen molar-refractivity contribution in [3.63, 3.8) is 0 Å². The minimum Gasteiger partial charge on any atom is -0.322 e. The molecule has 2 N–H and O–H groups in total. The van der Waals surface area contributed by atoms with Crippen molar-refractivity contribution in [3.8, 4) is 11.3 Å². The zero-order valence-corrected chi connectivity index (χ0v) is 22.3.